The van der Waals surface area contributed by atoms with Crippen LogP contribution < -0.4 is 0 Å². The van der Waals surface area contributed by atoms with Gasteiger partial charge in [0, 0.05) is 4.47 Å². The molecule has 3 heteroatoms. The fourth-order valence-corrected chi connectivity index (χ4v) is 1.87. The maximum absolute atomic E-state index is 10.5. The second kappa shape index (κ2) is 5.80. The van der Waals surface area contributed by atoms with Crippen molar-refractivity contribution >= 4 is 15.9 Å². The molecule has 0 amide bonds. The van der Waals surface area contributed by atoms with E-state index in [4.69, 9.17) is 4.74 Å². The zero-order valence-corrected chi connectivity index (χ0v) is 11.6. The molecule has 0 aliphatic carbocycles. The summed E-state index contributed by atoms with van der Waals surface area (Å²) in [6.07, 6.45) is 0.765. The molecule has 0 heterocycles. The van der Waals surface area contributed by atoms with Gasteiger partial charge in [-0.2, -0.15) is 0 Å². The van der Waals surface area contributed by atoms with Gasteiger partial charge in [-0.15, -0.1) is 0 Å². The Hall–Kier alpha value is -0.380. The van der Waals surface area contributed by atoms with Crippen molar-refractivity contribution in [3.63, 3.8) is 0 Å². The van der Waals surface area contributed by atoms with E-state index in [2.05, 4.69) is 15.9 Å². The van der Waals surface area contributed by atoms with Gasteiger partial charge in [-0.1, -0.05) is 35.0 Å². The third-order valence-corrected chi connectivity index (χ3v) is 3.10. The van der Waals surface area contributed by atoms with Crippen LogP contribution in [0.1, 0.15) is 32.8 Å². The van der Waals surface area contributed by atoms with Gasteiger partial charge in [0.25, 0.3) is 0 Å². The minimum atomic E-state index is -0.895. The molecular formula is C13H19BrO2. The Morgan fingerprint density at radius 1 is 1.44 bits per heavy atom. The number of benzene rings is 1. The van der Waals surface area contributed by atoms with Crippen LogP contribution in [0.3, 0.4) is 0 Å². The molecule has 1 atom stereocenters. The standard InChI is InChI=1S/C13H19BrO2/c1-4-13(15,9-16-10(2)3)11-6-5-7-12(14)8-11/h5-8,10,15H,4,9H2,1-3H3. The van der Waals surface area contributed by atoms with Crippen LogP contribution in [0.4, 0.5) is 0 Å². The van der Waals surface area contributed by atoms with Gasteiger partial charge in [-0.05, 0) is 38.0 Å². The van der Waals surface area contributed by atoms with E-state index in [9.17, 15) is 5.11 Å². The molecule has 0 spiro atoms. The van der Waals surface area contributed by atoms with Gasteiger partial charge in [-0.25, -0.2) is 0 Å². The van der Waals surface area contributed by atoms with Crippen molar-refractivity contribution < 1.29 is 9.84 Å². The van der Waals surface area contributed by atoms with Crippen LogP contribution in [0.15, 0.2) is 28.7 Å². The molecule has 0 aliphatic rings. The van der Waals surface area contributed by atoms with Crippen LogP contribution in [-0.2, 0) is 10.3 Å². The summed E-state index contributed by atoms with van der Waals surface area (Å²) >= 11 is 3.41. The quantitative estimate of drug-likeness (QED) is 0.898. The fourth-order valence-electron chi connectivity index (χ4n) is 1.47. The van der Waals surface area contributed by atoms with Gasteiger partial charge in [0.05, 0.1) is 12.7 Å². The third-order valence-electron chi connectivity index (χ3n) is 2.60. The summed E-state index contributed by atoms with van der Waals surface area (Å²) in [5, 5.41) is 10.5. The zero-order valence-electron chi connectivity index (χ0n) is 10.0. The van der Waals surface area contributed by atoms with Gasteiger partial charge >= 0.3 is 0 Å². The maximum atomic E-state index is 10.5. The van der Waals surface area contributed by atoms with Crippen molar-refractivity contribution in [3.05, 3.63) is 34.3 Å². The zero-order chi connectivity index (χ0) is 12.2. The maximum Gasteiger partial charge on any atom is 0.113 e. The summed E-state index contributed by atoms with van der Waals surface area (Å²) in [4.78, 5) is 0. The predicted molar refractivity (Wildman–Crippen MR) is 69.4 cm³/mol. The SMILES string of the molecule is CCC(O)(COC(C)C)c1cccc(Br)c1. The number of rotatable bonds is 5. The molecule has 1 unspecified atom stereocenters. The van der Waals surface area contributed by atoms with Crippen LogP contribution in [0, 0.1) is 0 Å². The Morgan fingerprint density at radius 3 is 2.62 bits per heavy atom. The van der Waals surface area contributed by atoms with E-state index in [1.165, 1.54) is 0 Å². The molecule has 1 N–H and O–H groups in total. The van der Waals surface area contributed by atoms with E-state index in [1.54, 1.807) is 0 Å². The topological polar surface area (TPSA) is 29.5 Å². The van der Waals surface area contributed by atoms with Crippen LogP contribution in [0.25, 0.3) is 0 Å². The number of hydrogen-bond acceptors (Lipinski definition) is 2. The Bertz CT molecular complexity index is 338. The smallest absolute Gasteiger partial charge is 0.113 e. The fraction of sp³-hybridized carbons (Fsp3) is 0.538. The number of ether oxygens (including phenoxy) is 1. The van der Waals surface area contributed by atoms with Gasteiger partial charge in [0.15, 0.2) is 0 Å². The van der Waals surface area contributed by atoms with E-state index in [-0.39, 0.29) is 6.10 Å². The molecule has 0 radical (unpaired) electrons. The molecule has 16 heavy (non-hydrogen) atoms. The van der Waals surface area contributed by atoms with Gasteiger partial charge < -0.3 is 9.84 Å². The number of aliphatic hydroxyl groups is 1. The molecule has 1 aromatic carbocycles. The molecule has 0 bridgehead atoms. The molecule has 0 aliphatic heterocycles. The summed E-state index contributed by atoms with van der Waals surface area (Å²) < 4.78 is 6.50. The average molecular weight is 287 g/mol. The van der Waals surface area contributed by atoms with E-state index in [0.29, 0.717) is 13.0 Å². The lowest BCUT2D eigenvalue weighted by Gasteiger charge is -2.28. The average Bonchev–Trinajstić information content (AvgIpc) is 2.26. The summed E-state index contributed by atoms with van der Waals surface area (Å²) in [7, 11) is 0. The normalized spacial score (nSPS) is 15.1. The summed E-state index contributed by atoms with van der Waals surface area (Å²) in [6.45, 7) is 6.23. The van der Waals surface area contributed by atoms with E-state index < -0.39 is 5.60 Å². The van der Waals surface area contributed by atoms with Crippen LogP contribution in [-0.4, -0.2) is 17.8 Å². The Labute approximate surface area is 106 Å². The first-order valence-corrected chi connectivity index (χ1v) is 6.37. The molecule has 90 valence electrons. The highest BCUT2D eigenvalue weighted by molar-refractivity contribution is 9.10. The summed E-state index contributed by atoms with van der Waals surface area (Å²) in [5.74, 6) is 0. The van der Waals surface area contributed by atoms with Gasteiger partial charge in [0.2, 0.25) is 0 Å². The Balaban J connectivity index is 2.86. The first-order chi connectivity index (χ1) is 7.48. The van der Waals surface area contributed by atoms with Crippen molar-refractivity contribution in [1.82, 2.24) is 0 Å². The van der Waals surface area contributed by atoms with E-state index >= 15 is 0 Å². The molecule has 0 fully saturated rings. The number of halogens is 1. The second-order valence-electron chi connectivity index (χ2n) is 4.26. The van der Waals surface area contributed by atoms with Crippen molar-refractivity contribution in [2.45, 2.75) is 38.9 Å². The Kier molecular flexibility index (Phi) is 4.96. The second-order valence-corrected chi connectivity index (χ2v) is 5.17. The molecule has 0 aromatic heterocycles. The third kappa shape index (κ3) is 3.58. The van der Waals surface area contributed by atoms with Crippen LogP contribution in [0.2, 0.25) is 0 Å². The minimum Gasteiger partial charge on any atom is -0.383 e. The van der Waals surface area contributed by atoms with E-state index in [0.717, 1.165) is 10.0 Å². The minimum absolute atomic E-state index is 0.130. The first-order valence-electron chi connectivity index (χ1n) is 5.58. The monoisotopic (exact) mass is 286 g/mol. The Morgan fingerprint density at radius 2 is 2.12 bits per heavy atom. The summed E-state index contributed by atoms with van der Waals surface area (Å²) in [6, 6.07) is 7.74. The molecule has 1 aromatic rings. The lowest BCUT2D eigenvalue weighted by molar-refractivity contribution is -0.0712. The lowest BCUT2D eigenvalue weighted by Crippen LogP contribution is -2.32. The molecule has 0 saturated carbocycles. The van der Waals surface area contributed by atoms with Crippen molar-refractivity contribution in [3.8, 4) is 0 Å². The molecular weight excluding hydrogens is 268 g/mol. The predicted octanol–water partition coefficient (Wildman–Crippen LogP) is 3.47. The first kappa shape index (κ1) is 13.7. The molecule has 1 rings (SSSR count). The largest absolute Gasteiger partial charge is 0.383 e. The number of hydrogen-bond donors (Lipinski definition) is 1. The van der Waals surface area contributed by atoms with Crippen molar-refractivity contribution in [1.29, 1.82) is 0 Å². The molecule has 2 nitrogen and oxygen atoms in total. The highest BCUT2D eigenvalue weighted by atomic mass is 79.9. The van der Waals surface area contributed by atoms with Crippen molar-refractivity contribution in [2.75, 3.05) is 6.61 Å². The van der Waals surface area contributed by atoms with Crippen LogP contribution >= 0.6 is 15.9 Å². The highest BCUT2D eigenvalue weighted by Gasteiger charge is 2.28. The highest BCUT2D eigenvalue weighted by Crippen LogP contribution is 2.27. The van der Waals surface area contributed by atoms with E-state index in [1.807, 2.05) is 45.0 Å². The van der Waals surface area contributed by atoms with Crippen LogP contribution in [0.5, 0.6) is 0 Å². The van der Waals surface area contributed by atoms with Gasteiger partial charge in [-0.3, -0.25) is 0 Å². The van der Waals surface area contributed by atoms with Crippen molar-refractivity contribution in [2.24, 2.45) is 0 Å². The molecule has 0 saturated heterocycles. The lowest BCUT2D eigenvalue weighted by atomic mass is 9.92. The van der Waals surface area contributed by atoms with Gasteiger partial charge in [0.1, 0.15) is 5.60 Å². The summed E-state index contributed by atoms with van der Waals surface area (Å²) in [5.41, 5.74) is -0.00125.